The molecule has 0 aliphatic rings. The van der Waals surface area contributed by atoms with Gasteiger partial charge < -0.3 is 9.88 Å². The van der Waals surface area contributed by atoms with E-state index in [1.165, 1.54) is 0 Å². The first kappa shape index (κ1) is 11.7. The van der Waals surface area contributed by atoms with Crippen molar-refractivity contribution in [1.82, 2.24) is 19.3 Å². The standard InChI is InChI=1S/C12H19N5/c1-5-17-7-6-13-12(17)14-10-8-16(4)15-11(10)9(2)3/h6-9H,5H2,1-4H3,(H,13,14). The Hall–Kier alpha value is -1.78. The maximum Gasteiger partial charge on any atom is 0.207 e. The van der Waals surface area contributed by atoms with Crippen LogP contribution in [0.5, 0.6) is 0 Å². The Bertz CT molecular complexity index is 495. The Morgan fingerprint density at radius 2 is 2.18 bits per heavy atom. The van der Waals surface area contributed by atoms with Gasteiger partial charge in [0.2, 0.25) is 5.95 Å². The van der Waals surface area contributed by atoms with Crippen LogP contribution in [-0.2, 0) is 13.6 Å². The minimum Gasteiger partial charge on any atom is -0.323 e. The van der Waals surface area contributed by atoms with Crippen LogP contribution in [0.3, 0.4) is 0 Å². The molecule has 2 heterocycles. The predicted octanol–water partition coefficient (Wildman–Crippen LogP) is 2.50. The molecule has 5 heteroatoms. The number of anilines is 2. The molecule has 0 spiro atoms. The lowest BCUT2D eigenvalue weighted by atomic mass is 10.1. The summed E-state index contributed by atoms with van der Waals surface area (Å²) in [5, 5.41) is 7.81. The highest BCUT2D eigenvalue weighted by molar-refractivity contribution is 5.56. The van der Waals surface area contributed by atoms with Gasteiger partial charge in [-0.1, -0.05) is 13.8 Å². The van der Waals surface area contributed by atoms with E-state index in [9.17, 15) is 0 Å². The second kappa shape index (κ2) is 4.61. The summed E-state index contributed by atoms with van der Waals surface area (Å²) in [4.78, 5) is 4.31. The maximum absolute atomic E-state index is 4.46. The van der Waals surface area contributed by atoms with Crippen molar-refractivity contribution in [2.24, 2.45) is 7.05 Å². The Balaban J connectivity index is 2.29. The van der Waals surface area contributed by atoms with Gasteiger partial charge in [-0.2, -0.15) is 5.10 Å². The number of imidazole rings is 1. The Morgan fingerprint density at radius 3 is 2.82 bits per heavy atom. The fraction of sp³-hybridized carbons (Fsp3) is 0.500. The molecule has 0 aliphatic carbocycles. The van der Waals surface area contributed by atoms with Crippen LogP contribution in [0.2, 0.25) is 0 Å². The largest absolute Gasteiger partial charge is 0.323 e. The van der Waals surface area contributed by atoms with Crippen molar-refractivity contribution in [2.45, 2.75) is 33.2 Å². The Kier molecular flexibility index (Phi) is 3.17. The first-order valence-corrected chi connectivity index (χ1v) is 5.93. The van der Waals surface area contributed by atoms with E-state index in [1.807, 2.05) is 24.1 Å². The Morgan fingerprint density at radius 1 is 1.41 bits per heavy atom. The number of rotatable bonds is 4. The number of nitrogens with zero attached hydrogens (tertiary/aromatic N) is 4. The summed E-state index contributed by atoms with van der Waals surface area (Å²) in [6, 6.07) is 0. The van der Waals surface area contributed by atoms with Gasteiger partial charge in [0, 0.05) is 32.2 Å². The van der Waals surface area contributed by atoms with Crippen molar-refractivity contribution in [3.63, 3.8) is 0 Å². The van der Waals surface area contributed by atoms with Crippen molar-refractivity contribution in [1.29, 1.82) is 0 Å². The molecule has 0 aliphatic heterocycles. The molecule has 92 valence electrons. The summed E-state index contributed by atoms with van der Waals surface area (Å²) < 4.78 is 3.90. The molecule has 0 aromatic carbocycles. The molecule has 2 aromatic rings. The van der Waals surface area contributed by atoms with Gasteiger partial charge in [0.1, 0.15) is 0 Å². The van der Waals surface area contributed by atoms with Gasteiger partial charge in [-0.25, -0.2) is 4.98 Å². The fourth-order valence-electron chi connectivity index (χ4n) is 1.84. The van der Waals surface area contributed by atoms with E-state index < -0.39 is 0 Å². The van der Waals surface area contributed by atoms with Crippen molar-refractivity contribution in [3.8, 4) is 0 Å². The van der Waals surface area contributed by atoms with Gasteiger partial charge >= 0.3 is 0 Å². The van der Waals surface area contributed by atoms with Crippen molar-refractivity contribution < 1.29 is 0 Å². The quantitative estimate of drug-likeness (QED) is 0.882. The second-order valence-corrected chi connectivity index (χ2v) is 4.42. The zero-order valence-corrected chi connectivity index (χ0v) is 10.8. The van der Waals surface area contributed by atoms with E-state index >= 15 is 0 Å². The third-order valence-corrected chi connectivity index (χ3v) is 2.71. The minimum absolute atomic E-state index is 0.392. The lowest BCUT2D eigenvalue weighted by Crippen LogP contribution is -2.03. The van der Waals surface area contributed by atoms with Crippen LogP contribution in [0, 0.1) is 0 Å². The zero-order valence-electron chi connectivity index (χ0n) is 10.8. The lowest BCUT2D eigenvalue weighted by molar-refractivity contribution is 0.713. The van der Waals surface area contributed by atoms with E-state index in [4.69, 9.17) is 0 Å². The first-order valence-electron chi connectivity index (χ1n) is 5.93. The molecule has 2 aromatic heterocycles. The molecule has 0 fully saturated rings. The monoisotopic (exact) mass is 233 g/mol. The van der Waals surface area contributed by atoms with Crippen molar-refractivity contribution >= 4 is 11.6 Å². The third kappa shape index (κ3) is 2.33. The first-order chi connectivity index (χ1) is 8.11. The van der Waals surface area contributed by atoms with Gasteiger partial charge in [-0.05, 0) is 12.8 Å². The Labute approximate surface area is 101 Å². The fourth-order valence-corrected chi connectivity index (χ4v) is 1.84. The van der Waals surface area contributed by atoms with Crippen LogP contribution >= 0.6 is 0 Å². The van der Waals surface area contributed by atoms with Gasteiger partial charge in [-0.3, -0.25) is 4.68 Å². The molecule has 5 nitrogen and oxygen atoms in total. The molecule has 0 radical (unpaired) electrons. The molecule has 0 atom stereocenters. The smallest absolute Gasteiger partial charge is 0.207 e. The summed E-state index contributed by atoms with van der Waals surface area (Å²) in [6.45, 7) is 7.28. The molecule has 0 unspecified atom stereocenters. The number of aromatic nitrogens is 4. The van der Waals surface area contributed by atoms with E-state index in [2.05, 4.69) is 40.7 Å². The number of hydrogen-bond donors (Lipinski definition) is 1. The number of aryl methyl sites for hydroxylation is 2. The highest BCUT2D eigenvalue weighted by atomic mass is 15.3. The van der Waals surface area contributed by atoms with E-state index in [-0.39, 0.29) is 0 Å². The molecule has 0 saturated heterocycles. The predicted molar refractivity (Wildman–Crippen MR) is 68.5 cm³/mol. The van der Waals surface area contributed by atoms with Crippen molar-refractivity contribution in [3.05, 3.63) is 24.3 Å². The van der Waals surface area contributed by atoms with E-state index in [1.54, 1.807) is 6.20 Å². The number of hydrogen-bond acceptors (Lipinski definition) is 3. The van der Waals surface area contributed by atoms with Crippen LogP contribution in [0.15, 0.2) is 18.6 Å². The third-order valence-electron chi connectivity index (χ3n) is 2.71. The normalized spacial score (nSPS) is 11.1. The molecular formula is C12H19N5. The van der Waals surface area contributed by atoms with E-state index in [0.29, 0.717) is 5.92 Å². The van der Waals surface area contributed by atoms with Crippen LogP contribution in [-0.4, -0.2) is 19.3 Å². The molecule has 0 bridgehead atoms. The molecule has 0 saturated carbocycles. The van der Waals surface area contributed by atoms with Crippen molar-refractivity contribution in [2.75, 3.05) is 5.32 Å². The van der Waals surface area contributed by atoms with Crippen LogP contribution in [0.4, 0.5) is 11.6 Å². The molecular weight excluding hydrogens is 214 g/mol. The highest BCUT2D eigenvalue weighted by Gasteiger charge is 2.13. The van der Waals surface area contributed by atoms with Gasteiger partial charge in [0.25, 0.3) is 0 Å². The molecule has 17 heavy (non-hydrogen) atoms. The summed E-state index contributed by atoms with van der Waals surface area (Å²) in [7, 11) is 1.93. The summed E-state index contributed by atoms with van der Waals surface area (Å²) in [5.74, 6) is 1.26. The highest BCUT2D eigenvalue weighted by Crippen LogP contribution is 2.24. The van der Waals surface area contributed by atoms with Gasteiger partial charge in [-0.15, -0.1) is 0 Å². The average molecular weight is 233 g/mol. The molecule has 0 amide bonds. The van der Waals surface area contributed by atoms with Crippen LogP contribution in [0.1, 0.15) is 32.4 Å². The summed E-state index contributed by atoms with van der Waals surface area (Å²) in [6.07, 6.45) is 5.76. The van der Waals surface area contributed by atoms with Gasteiger partial charge in [0.05, 0.1) is 11.4 Å². The van der Waals surface area contributed by atoms with Crippen LogP contribution in [0.25, 0.3) is 0 Å². The van der Waals surface area contributed by atoms with E-state index in [0.717, 1.165) is 23.9 Å². The minimum atomic E-state index is 0.392. The maximum atomic E-state index is 4.46. The average Bonchev–Trinajstić information content (AvgIpc) is 2.85. The molecule has 2 rings (SSSR count). The SMILES string of the molecule is CCn1ccnc1Nc1cn(C)nc1C(C)C. The topological polar surface area (TPSA) is 47.7 Å². The lowest BCUT2D eigenvalue weighted by Gasteiger charge is -2.09. The summed E-state index contributed by atoms with van der Waals surface area (Å²) >= 11 is 0. The summed E-state index contributed by atoms with van der Waals surface area (Å²) in [5.41, 5.74) is 2.10. The molecule has 1 N–H and O–H groups in total. The van der Waals surface area contributed by atoms with Gasteiger partial charge in [0.15, 0.2) is 0 Å². The van der Waals surface area contributed by atoms with Crippen LogP contribution < -0.4 is 5.32 Å². The second-order valence-electron chi connectivity index (χ2n) is 4.42. The zero-order chi connectivity index (χ0) is 12.4. The number of nitrogens with one attached hydrogen (secondary N) is 1.